The number of hydrogen-bond acceptors (Lipinski definition) is 0. The minimum absolute atomic E-state index is 0.267. The Morgan fingerprint density at radius 1 is 0.611 bits per heavy atom. The van der Waals surface area contributed by atoms with Gasteiger partial charge in [-0.3, -0.25) is 0 Å². The van der Waals surface area contributed by atoms with Crippen LogP contribution in [0.1, 0.15) is 63.1 Å². The second kappa shape index (κ2) is 13.5. The molecule has 3 rings (SSSR count). The van der Waals surface area contributed by atoms with Crippen LogP contribution in [0.2, 0.25) is 18.1 Å². The summed E-state index contributed by atoms with van der Waals surface area (Å²) >= 11 is 0. The molecule has 0 aliphatic heterocycles. The average Bonchev–Trinajstić information content (AvgIpc) is 2.87. The van der Waals surface area contributed by atoms with Gasteiger partial charge in [-0.25, -0.2) is 0 Å². The molecule has 0 unspecified atom stereocenters. The molecule has 0 saturated carbocycles. The highest BCUT2D eigenvalue weighted by Crippen LogP contribution is 2.35. The fourth-order valence-corrected chi connectivity index (χ4v) is 5.01. The molecule has 0 nitrogen and oxygen atoms in total. The van der Waals surface area contributed by atoms with Gasteiger partial charge in [0.2, 0.25) is 0 Å². The van der Waals surface area contributed by atoms with Crippen molar-refractivity contribution in [3.8, 4) is 11.5 Å². The normalized spacial score (nSPS) is 11.5. The molecule has 0 fully saturated rings. The van der Waals surface area contributed by atoms with Gasteiger partial charge in [-0.2, -0.15) is 0 Å². The molecule has 36 heavy (non-hydrogen) atoms. The van der Waals surface area contributed by atoms with E-state index in [1.807, 2.05) is 0 Å². The lowest BCUT2D eigenvalue weighted by Gasteiger charge is -2.31. The highest BCUT2D eigenvalue weighted by molar-refractivity contribution is 6.87. The summed E-state index contributed by atoms with van der Waals surface area (Å²) in [6, 6.07) is 32.7. The van der Waals surface area contributed by atoms with Crippen LogP contribution in [0.4, 0.5) is 0 Å². The predicted molar refractivity (Wildman–Crippen MR) is 161 cm³/mol. The molecule has 0 atom stereocenters. The standard InChI is InChI=1S/C35H44Si/c1-35(2,3)36(4,5)29-28-33(23-15-22-30-16-9-6-10-17-30)34(26-24-31-18-11-7-12-19-31)27-25-32-20-13-8-14-21-32/h6-14,16-21H,15,22-27H2,1-5H3. The van der Waals surface area contributed by atoms with Gasteiger partial charge in [0.25, 0.3) is 0 Å². The van der Waals surface area contributed by atoms with Crippen molar-refractivity contribution < 1.29 is 0 Å². The van der Waals surface area contributed by atoms with Crippen molar-refractivity contribution in [2.45, 2.75) is 83.8 Å². The third-order valence-electron chi connectivity index (χ3n) is 7.68. The minimum atomic E-state index is -1.69. The van der Waals surface area contributed by atoms with Crippen LogP contribution in [0.5, 0.6) is 0 Å². The van der Waals surface area contributed by atoms with Gasteiger partial charge in [0, 0.05) is 5.57 Å². The molecule has 188 valence electrons. The van der Waals surface area contributed by atoms with E-state index in [0.717, 1.165) is 44.9 Å². The van der Waals surface area contributed by atoms with Crippen LogP contribution in [-0.4, -0.2) is 8.07 Å². The monoisotopic (exact) mass is 492 g/mol. The fraction of sp³-hybridized carbons (Fsp3) is 0.371. The van der Waals surface area contributed by atoms with Crippen molar-refractivity contribution in [1.82, 2.24) is 0 Å². The van der Waals surface area contributed by atoms with E-state index in [9.17, 15) is 0 Å². The van der Waals surface area contributed by atoms with Crippen molar-refractivity contribution in [3.05, 3.63) is 119 Å². The number of rotatable bonds is 10. The summed E-state index contributed by atoms with van der Waals surface area (Å²) in [5.41, 5.74) is 11.1. The number of benzene rings is 3. The lowest BCUT2D eigenvalue weighted by atomic mass is 9.92. The Kier molecular flexibility index (Phi) is 10.4. The first-order valence-electron chi connectivity index (χ1n) is 13.6. The zero-order valence-corrected chi connectivity index (χ0v) is 24.1. The lowest BCUT2D eigenvalue weighted by Crippen LogP contribution is -2.35. The molecule has 0 aromatic heterocycles. The third kappa shape index (κ3) is 9.00. The molecular formula is C35H44Si. The van der Waals surface area contributed by atoms with Crippen LogP contribution in [0.15, 0.2) is 102 Å². The van der Waals surface area contributed by atoms with E-state index in [2.05, 4.69) is 136 Å². The fourth-order valence-electron chi connectivity index (χ4n) is 4.17. The Morgan fingerprint density at radius 3 is 1.44 bits per heavy atom. The van der Waals surface area contributed by atoms with E-state index in [-0.39, 0.29) is 5.04 Å². The first-order chi connectivity index (χ1) is 17.2. The van der Waals surface area contributed by atoms with Crippen LogP contribution in [0.3, 0.4) is 0 Å². The summed E-state index contributed by atoms with van der Waals surface area (Å²) in [6.45, 7) is 11.9. The van der Waals surface area contributed by atoms with E-state index >= 15 is 0 Å². The predicted octanol–water partition coefficient (Wildman–Crippen LogP) is 9.62. The molecular weight excluding hydrogens is 448 g/mol. The molecule has 0 heterocycles. The van der Waals surface area contributed by atoms with Crippen LogP contribution in [0, 0.1) is 11.5 Å². The second-order valence-corrected chi connectivity index (χ2v) is 16.5. The highest BCUT2D eigenvalue weighted by atomic mass is 28.3. The Hall–Kier alpha value is -2.82. The largest absolute Gasteiger partial charge is 0.138 e. The van der Waals surface area contributed by atoms with Crippen LogP contribution < -0.4 is 0 Å². The molecule has 0 aliphatic rings. The van der Waals surface area contributed by atoms with Crippen molar-refractivity contribution in [3.63, 3.8) is 0 Å². The smallest absolute Gasteiger partial charge is 0.126 e. The molecule has 0 saturated heterocycles. The van der Waals surface area contributed by atoms with E-state index in [1.54, 1.807) is 5.57 Å². The number of allylic oxidation sites excluding steroid dienone is 2. The average molecular weight is 493 g/mol. The Bertz CT molecular complexity index is 1090. The van der Waals surface area contributed by atoms with Crippen molar-refractivity contribution in [1.29, 1.82) is 0 Å². The number of hydrogen-bond donors (Lipinski definition) is 0. The van der Waals surface area contributed by atoms with E-state index in [4.69, 9.17) is 0 Å². The van der Waals surface area contributed by atoms with Gasteiger partial charge in [0.15, 0.2) is 0 Å². The molecule has 1 heteroatoms. The van der Waals surface area contributed by atoms with Gasteiger partial charge < -0.3 is 0 Å². The molecule has 3 aromatic carbocycles. The Morgan fingerprint density at radius 2 is 1.03 bits per heavy atom. The SMILES string of the molecule is CC(C)(C)[Si](C)(C)C#CC(CCCc1ccccc1)=C(CCc1ccccc1)CCc1ccccc1. The Balaban J connectivity index is 1.90. The van der Waals surface area contributed by atoms with Crippen LogP contribution in [-0.2, 0) is 19.3 Å². The molecule has 3 aromatic rings. The summed E-state index contributed by atoms with van der Waals surface area (Å²) in [6.07, 6.45) is 7.65. The second-order valence-electron chi connectivity index (χ2n) is 11.5. The summed E-state index contributed by atoms with van der Waals surface area (Å²) < 4.78 is 0. The maximum atomic E-state index is 3.86. The molecule has 0 spiro atoms. The topological polar surface area (TPSA) is 0 Å². The number of aryl methyl sites for hydroxylation is 3. The lowest BCUT2D eigenvalue weighted by molar-refractivity contribution is 0.730. The summed E-state index contributed by atoms with van der Waals surface area (Å²) in [5, 5.41) is 0.267. The van der Waals surface area contributed by atoms with Gasteiger partial charge >= 0.3 is 0 Å². The maximum absolute atomic E-state index is 3.86. The zero-order valence-electron chi connectivity index (χ0n) is 23.1. The van der Waals surface area contributed by atoms with Gasteiger partial charge in [0.1, 0.15) is 8.07 Å². The quantitative estimate of drug-likeness (QED) is 0.195. The van der Waals surface area contributed by atoms with Gasteiger partial charge in [0.05, 0.1) is 0 Å². The van der Waals surface area contributed by atoms with Crippen LogP contribution in [0.25, 0.3) is 0 Å². The molecule has 0 N–H and O–H groups in total. The highest BCUT2D eigenvalue weighted by Gasteiger charge is 2.33. The summed E-state index contributed by atoms with van der Waals surface area (Å²) in [5.74, 6) is 3.82. The van der Waals surface area contributed by atoms with E-state index < -0.39 is 8.07 Å². The van der Waals surface area contributed by atoms with E-state index in [1.165, 1.54) is 22.3 Å². The molecule has 0 aliphatic carbocycles. The van der Waals surface area contributed by atoms with Crippen molar-refractivity contribution in [2.75, 3.05) is 0 Å². The zero-order chi connectivity index (χ0) is 25.9. The maximum Gasteiger partial charge on any atom is 0.138 e. The Labute approximate surface area is 221 Å². The van der Waals surface area contributed by atoms with Crippen molar-refractivity contribution in [2.24, 2.45) is 0 Å². The van der Waals surface area contributed by atoms with Crippen molar-refractivity contribution >= 4 is 8.07 Å². The summed E-state index contributed by atoms with van der Waals surface area (Å²) in [7, 11) is -1.69. The first-order valence-corrected chi connectivity index (χ1v) is 16.6. The first kappa shape index (κ1) is 27.8. The minimum Gasteiger partial charge on any atom is -0.126 e. The van der Waals surface area contributed by atoms with Gasteiger partial charge in [-0.15, -0.1) is 5.54 Å². The van der Waals surface area contributed by atoms with Gasteiger partial charge in [-0.1, -0.05) is 136 Å². The molecule has 0 bridgehead atoms. The van der Waals surface area contributed by atoms with Crippen LogP contribution >= 0.6 is 0 Å². The summed E-state index contributed by atoms with van der Waals surface area (Å²) in [4.78, 5) is 0. The van der Waals surface area contributed by atoms with E-state index in [0.29, 0.717) is 0 Å². The third-order valence-corrected chi connectivity index (χ3v) is 12.2. The van der Waals surface area contributed by atoms with Gasteiger partial charge in [-0.05, 0) is 66.7 Å². The molecule has 0 amide bonds. The molecule has 0 radical (unpaired) electrons.